The summed E-state index contributed by atoms with van der Waals surface area (Å²) in [6.45, 7) is 4.12. The van der Waals surface area contributed by atoms with Gasteiger partial charge in [-0.2, -0.15) is 4.98 Å². The number of hydrogen-bond acceptors (Lipinski definition) is 6. The first-order chi connectivity index (χ1) is 14.0. The Balaban J connectivity index is 1.43. The molecule has 4 aromatic rings. The van der Waals surface area contributed by atoms with E-state index in [2.05, 4.69) is 15.5 Å². The number of hydrogen-bond donors (Lipinski definition) is 1. The molecule has 0 saturated heterocycles. The molecule has 2 aromatic heterocycles. The van der Waals surface area contributed by atoms with Crippen LogP contribution < -0.4 is 10.7 Å². The quantitative estimate of drug-likeness (QED) is 0.561. The van der Waals surface area contributed by atoms with Crippen molar-refractivity contribution in [3.05, 3.63) is 81.5 Å². The Morgan fingerprint density at radius 3 is 2.62 bits per heavy atom. The number of aryl methyl sites for hydroxylation is 2. The summed E-state index contributed by atoms with van der Waals surface area (Å²) in [4.78, 5) is 29.0. The van der Waals surface area contributed by atoms with Gasteiger partial charge in [0.1, 0.15) is 5.58 Å². The fourth-order valence-corrected chi connectivity index (χ4v) is 2.95. The molecule has 0 saturated carbocycles. The van der Waals surface area contributed by atoms with Crippen molar-refractivity contribution in [3.8, 4) is 11.4 Å². The number of nitrogens with one attached hydrogen (secondary N) is 1. The maximum Gasteiger partial charge on any atom is 0.287 e. The zero-order chi connectivity index (χ0) is 20.4. The highest BCUT2D eigenvalue weighted by atomic mass is 16.5. The second kappa shape index (κ2) is 7.71. The van der Waals surface area contributed by atoms with Gasteiger partial charge in [-0.25, -0.2) is 0 Å². The molecule has 7 nitrogen and oxygen atoms in total. The van der Waals surface area contributed by atoms with E-state index in [1.807, 2.05) is 44.2 Å². The Morgan fingerprint density at radius 2 is 1.83 bits per heavy atom. The summed E-state index contributed by atoms with van der Waals surface area (Å²) < 4.78 is 10.9. The van der Waals surface area contributed by atoms with Gasteiger partial charge < -0.3 is 14.3 Å². The van der Waals surface area contributed by atoms with Gasteiger partial charge in [0.2, 0.25) is 11.7 Å². The van der Waals surface area contributed by atoms with Crippen molar-refractivity contribution in [1.82, 2.24) is 15.5 Å². The molecule has 0 fully saturated rings. The van der Waals surface area contributed by atoms with E-state index in [4.69, 9.17) is 8.94 Å². The van der Waals surface area contributed by atoms with Gasteiger partial charge in [-0.15, -0.1) is 0 Å². The van der Waals surface area contributed by atoms with Crippen molar-refractivity contribution in [2.75, 3.05) is 6.54 Å². The van der Waals surface area contributed by atoms with Gasteiger partial charge >= 0.3 is 0 Å². The number of benzene rings is 2. The normalized spacial score (nSPS) is 11.0. The van der Waals surface area contributed by atoms with Gasteiger partial charge in [-0.05, 0) is 37.1 Å². The summed E-state index contributed by atoms with van der Waals surface area (Å²) in [6.07, 6.45) is 0.363. The minimum absolute atomic E-state index is 0.0266. The van der Waals surface area contributed by atoms with Crippen molar-refractivity contribution in [2.45, 2.75) is 20.3 Å². The molecule has 2 aromatic carbocycles. The molecule has 0 bridgehead atoms. The Morgan fingerprint density at radius 1 is 1.07 bits per heavy atom. The van der Waals surface area contributed by atoms with Crippen molar-refractivity contribution in [1.29, 1.82) is 0 Å². The van der Waals surface area contributed by atoms with Crippen LogP contribution in [0.15, 0.2) is 62.3 Å². The second-order valence-electron chi connectivity index (χ2n) is 6.79. The molecular formula is C22H19N3O4. The lowest BCUT2D eigenvalue weighted by atomic mass is 10.1. The highest BCUT2D eigenvalue weighted by Crippen LogP contribution is 2.18. The Hall–Kier alpha value is -3.74. The molecule has 2 heterocycles. The number of carbonyl (C=O) groups excluding carboxylic acids is 1. The highest BCUT2D eigenvalue weighted by Gasteiger charge is 2.14. The van der Waals surface area contributed by atoms with Crippen molar-refractivity contribution < 1.29 is 13.7 Å². The predicted octanol–water partition coefficient (Wildman–Crippen LogP) is 3.43. The monoisotopic (exact) mass is 389 g/mol. The molecule has 146 valence electrons. The number of carbonyl (C=O) groups is 1. The molecule has 0 aliphatic heterocycles. The second-order valence-corrected chi connectivity index (χ2v) is 6.79. The summed E-state index contributed by atoms with van der Waals surface area (Å²) >= 11 is 0. The minimum atomic E-state index is -0.468. The summed E-state index contributed by atoms with van der Waals surface area (Å²) in [5.74, 6) is 0.416. The maximum absolute atomic E-state index is 12.4. The number of aromatic nitrogens is 2. The van der Waals surface area contributed by atoms with Crippen LogP contribution in [0.5, 0.6) is 0 Å². The molecule has 0 radical (unpaired) electrons. The molecule has 0 aliphatic carbocycles. The molecule has 4 rings (SSSR count). The number of amides is 1. The van der Waals surface area contributed by atoms with Crippen LogP contribution in [-0.2, 0) is 6.42 Å². The first-order valence-corrected chi connectivity index (χ1v) is 9.22. The lowest BCUT2D eigenvalue weighted by Crippen LogP contribution is -2.26. The zero-order valence-electron chi connectivity index (χ0n) is 16.1. The molecule has 0 unspecified atom stereocenters. The van der Waals surface area contributed by atoms with E-state index in [-0.39, 0.29) is 17.7 Å². The molecule has 0 aliphatic rings. The number of fused-ring (bicyclic) bond motifs is 1. The Bertz CT molecular complexity index is 1240. The molecule has 0 spiro atoms. The van der Waals surface area contributed by atoms with Crippen LogP contribution in [0.3, 0.4) is 0 Å². The van der Waals surface area contributed by atoms with E-state index in [9.17, 15) is 9.59 Å². The van der Waals surface area contributed by atoms with Gasteiger partial charge in [0, 0.05) is 24.6 Å². The fraction of sp³-hybridized carbons (Fsp3) is 0.182. The van der Waals surface area contributed by atoms with Gasteiger partial charge in [-0.3, -0.25) is 9.59 Å². The van der Waals surface area contributed by atoms with E-state index in [0.717, 1.165) is 16.7 Å². The van der Waals surface area contributed by atoms with Crippen molar-refractivity contribution in [3.63, 3.8) is 0 Å². The molecule has 1 N–H and O–H groups in total. The molecule has 29 heavy (non-hydrogen) atoms. The van der Waals surface area contributed by atoms with Crippen LogP contribution in [0.1, 0.15) is 27.6 Å². The summed E-state index contributed by atoms with van der Waals surface area (Å²) in [5, 5.41) is 7.12. The van der Waals surface area contributed by atoms with Crippen LogP contribution in [0, 0.1) is 13.8 Å². The SMILES string of the molecule is Cc1cc2oc(C(=O)NCCc3nc(-c4ccccc4)no3)cc(=O)c2cc1C. The predicted molar refractivity (Wildman–Crippen MR) is 108 cm³/mol. The maximum atomic E-state index is 12.4. The average Bonchev–Trinajstić information content (AvgIpc) is 3.19. The number of nitrogens with zero attached hydrogens (tertiary/aromatic N) is 2. The van der Waals surface area contributed by atoms with Gasteiger partial charge in [0.25, 0.3) is 5.91 Å². The lowest BCUT2D eigenvalue weighted by Gasteiger charge is -2.06. The minimum Gasteiger partial charge on any atom is -0.451 e. The van der Waals surface area contributed by atoms with Gasteiger partial charge in [0.05, 0.1) is 5.39 Å². The first-order valence-electron chi connectivity index (χ1n) is 9.22. The topological polar surface area (TPSA) is 98.2 Å². The van der Waals surface area contributed by atoms with E-state index >= 15 is 0 Å². The van der Waals surface area contributed by atoms with Gasteiger partial charge in [0.15, 0.2) is 11.2 Å². The highest BCUT2D eigenvalue weighted by molar-refractivity contribution is 5.93. The summed E-state index contributed by atoms with van der Waals surface area (Å²) in [7, 11) is 0. The van der Waals surface area contributed by atoms with E-state index in [0.29, 0.717) is 29.1 Å². The number of rotatable bonds is 5. The van der Waals surface area contributed by atoms with Crippen LogP contribution >= 0.6 is 0 Å². The van der Waals surface area contributed by atoms with Crippen molar-refractivity contribution in [2.24, 2.45) is 0 Å². The Kier molecular flexibility index (Phi) is 4.95. The smallest absolute Gasteiger partial charge is 0.287 e. The lowest BCUT2D eigenvalue weighted by molar-refractivity contribution is 0.0926. The standard InChI is InChI=1S/C22H19N3O4/c1-13-10-16-17(26)12-19(28-18(16)11-14(13)2)22(27)23-9-8-20-24-21(25-29-20)15-6-4-3-5-7-15/h3-7,10-12H,8-9H2,1-2H3,(H,23,27). The van der Waals surface area contributed by atoms with Crippen molar-refractivity contribution >= 4 is 16.9 Å². The average molecular weight is 389 g/mol. The molecule has 7 heteroatoms. The van der Waals surface area contributed by atoms with Crippen LogP contribution in [0.4, 0.5) is 0 Å². The molecule has 1 amide bonds. The molecular weight excluding hydrogens is 370 g/mol. The van der Waals surface area contributed by atoms with Crippen LogP contribution in [0.25, 0.3) is 22.4 Å². The van der Waals surface area contributed by atoms with E-state index < -0.39 is 5.91 Å². The Labute approximate surface area is 166 Å². The van der Waals surface area contributed by atoms with Crippen LogP contribution in [-0.4, -0.2) is 22.6 Å². The van der Waals surface area contributed by atoms with Gasteiger partial charge in [-0.1, -0.05) is 35.5 Å². The summed E-state index contributed by atoms with van der Waals surface area (Å²) in [5.41, 5.74) is 2.99. The first kappa shape index (κ1) is 18.6. The molecule has 0 atom stereocenters. The third kappa shape index (κ3) is 3.94. The largest absolute Gasteiger partial charge is 0.451 e. The third-order valence-corrected chi connectivity index (χ3v) is 4.69. The fourth-order valence-electron chi connectivity index (χ4n) is 2.95. The third-order valence-electron chi connectivity index (χ3n) is 4.69. The van der Waals surface area contributed by atoms with E-state index in [1.54, 1.807) is 12.1 Å². The van der Waals surface area contributed by atoms with E-state index in [1.165, 1.54) is 6.07 Å². The summed E-state index contributed by atoms with van der Waals surface area (Å²) in [6, 6.07) is 14.2. The zero-order valence-corrected chi connectivity index (χ0v) is 16.1. The van der Waals surface area contributed by atoms with Crippen LogP contribution in [0.2, 0.25) is 0 Å².